The van der Waals surface area contributed by atoms with Gasteiger partial charge in [0.1, 0.15) is 0 Å². The quantitative estimate of drug-likeness (QED) is 0.488. The molecular weight excluding hydrogens is 347 g/mol. The number of nitro groups is 1. The number of nitro benzene ring substituents is 1. The number of Topliss-reactive ketones (excluding diaryl/α,β-unsaturated/α-hetero) is 1. The van der Waals surface area contributed by atoms with E-state index >= 15 is 0 Å². The first-order valence-electron chi connectivity index (χ1n) is 6.60. The molecule has 0 aromatic heterocycles. The summed E-state index contributed by atoms with van der Waals surface area (Å²) >= 11 is 2.95. The zero-order valence-electron chi connectivity index (χ0n) is 11.9. The van der Waals surface area contributed by atoms with E-state index in [1.165, 1.54) is 12.1 Å². The van der Waals surface area contributed by atoms with E-state index in [0.717, 1.165) is 21.4 Å². The Kier molecular flexibility index (Phi) is 5.20. The molecule has 0 radical (unpaired) electrons. The minimum atomic E-state index is -0.436. The average molecular weight is 361 g/mol. The summed E-state index contributed by atoms with van der Waals surface area (Å²) in [6.45, 7) is 1.56. The van der Waals surface area contributed by atoms with Gasteiger partial charge in [0.25, 0.3) is 0 Å². The molecule has 0 saturated carbocycles. The second kappa shape index (κ2) is 7.11. The summed E-state index contributed by atoms with van der Waals surface area (Å²) < 4.78 is 0.769. The monoisotopic (exact) mass is 362 g/mol. The average Bonchev–Trinajstić information content (AvgIpc) is 2.47. The molecule has 6 heteroatoms. The summed E-state index contributed by atoms with van der Waals surface area (Å²) in [7, 11) is 0. The van der Waals surface area contributed by atoms with Crippen LogP contribution in [0.3, 0.4) is 0 Å². The number of hydrogen-bond donors (Lipinski definition) is 1. The number of nitrogens with zero attached hydrogens (tertiary/aromatic N) is 1. The Morgan fingerprint density at radius 3 is 2.41 bits per heavy atom. The van der Waals surface area contributed by atoms with E-state index in [4.69, 9.17) is 0 Å². The van der Waals surface area contributed by atoms with E-state index in [9.17, 15) is 14.9 Å². The molecule has 0 aliphatic carbocycles. The maximum atomic E-state index is 11.3. The summed E-state index contributed by atoms with van der Waals surface area (Å²) in [4.78, 5) is 21.6. The van der Waals surface area contributed by atoms with Gasteiger partial charge in [-0.2, -0.15) is 0 Å². The molecule has 2 aromatic rings. The first-order valence-corrected chi connectivity index (χ1v) is 7.46. The number of carbonyl (C=O) groups excluding carboxylic acids is 1. The summed E-state index contributed by atoms with van der Waals surface area (Å²) in [6, 6.07) is 13.8. The molecule has 0 unspecified atom stereocenters. The summed E-state index contributed by atoms with van der Waals surface area (Å²) in [5.74, 6) is 0.0931. The van der Waals surface area contributed by atoms with Crippen LogP contribution in [0, 0.1) is 10.1 Å². The molecule has 2 aromatic carbocycles. The van der Waals surface area contributed by atoms with Crippen LogP contribution in [-0.2, 0) is 11.2 Å². The van der Waals surface area contributed by atoms with E-state index < -0.39 is 4.92 Å². The molecule has 1 N–H and O–H groups in total. The number of carbonyl (C=O) groups is 1. The van der Waals surface area contributed by atoms with Crippen LogP contribution < -0.4 is 5.32 Å². The van der Waals surface area contributed by atoms with Gasteiger partial charge >= 0.3 is 135 Å². The molecule has 0 saturated heterocycles. The second-order valence-electron chi connectivity index (χ2n) is 4.79. The Labute approximate surface area is 135 Å². The minimum absolute atomic E-state index is 0.0455. The van der Waals surface area contributed by atoms with Gasteiger partial charge in [0.05, 0.1) is 0 Å². The van der Waals surface area contributed by atoms with Gasteiger partial charge < -0.3 is 0 Å². The van der Waals surface area contributed by atoms with Crippen LogP contribution in [0.15, 0.2) is 48.5 Å². The molecule has 0 fully saturated rings. The fourth-order valence-electron chi connectivity index (χ4n) is 2.03. The van der Waals surface area contributed by atoms with Gasteiger partial charge in [0, 0.05) is 0 Å². The predicted molar refractivity (Wildman–Crippen MR) is 87.4 cm³/mol. The molecule has 0 atom stereocenters. The van der Waals surface area contributed by atoms with Crippen LogP contribution in [-0.4, -0.2) is 30.8 Å². The normalized spacial score (nSPS) is 10.0. The number of ketones is 1. The Morgan fingerprint density at radius 1 is 1.18 bits per heavy atom. The molecule has 22 heavy (non-hydrogen) atoms. The number of non-ortho nitro benzene ring substituents is 1. The molecule has 0 bridgehead atoms. The third-order valence-corrected chi connectivity index (χ3v) is 3.71. The number of rotatable bonds is 6. The van der Waals surface area contributed by atoms with E-state index in [1.807, 2.05) is 24.3 Å². The molecule has 5 nitrogen and oxygen atoms in total. The van der Waals surface area contributed by atoms with Crippen molar-refractivity contribution in [1.29, 1.82) is 0 Å². The fourth-order valence-corrected chi connectivity index (χ4v) is 2.69. The number of hydrogen-bond acceptors (Lipinski definition) is 4. The fraction of sp³-hybridized carbons (Fsp3) is 0.125. The first-order chi connectivity index (χ1) is 10.5. The summed E-state index contributed by atoms with van der Waals surface area (Å²) in [5, 5.41) is 13.8. The van der Waals surface area contributed by atoms with Crippen molar-refractivity contribution in [2.45, 2.75) is 13.3 Å². The standard InChI is InChI=1S/C16H14N2O3Se/c1-11(19)10-12-4-2-3-5-15(12)16(22)17-13-6-8-14(9-7-13)18(20)21/h2-9H,10H2,1H3,(H,17,22). The van der Waals surface area contributed by atoms with Gasteiger partial charge in [0.2, 0.25) is 0 Å². The van der Waals surface area contributed by atoms with Crippen molar-refractivity contribution in [1.82, 2.24) is 0 Å². The molecule has 0 amide bonds. The van der Waals surface area contributed by atoms with Crippen molar-refractivity contribution in [3.8, 4) is 0 Å². The van der Waals surface area contributed by atoms with E-state index in [1.54, 1.807) is 19.1 Å². The molecule has 0 aliphatic rings. The van der Waals surface area contributed by atoms with Crippen LogP contribution in [0.2, 0.25) is 0 Å². The molecule has 2 rings (SSSR count). The molecule has 0 heterocycles. The Balaban J connectivity index is 2.18. The van der Waals surface area contributed by atoms with Crippen molar-refractivity contribution >= 4 is 37.3 Å². The van der Waals surface area contributed by atoms with Crippen molar-refractivity contribution in [3.63, 3.8) is 0 Å². The molecule has 112 valence electrons. The van der Waals surface area contributed by atoms with Gasteiger partial charge in [-0.3, -0.25) is 0 Å². The summed E-state index contributed by atoms with van der Waals surface area (Å²) in [6.07, 6.45) is 0.364. The van der Waals surface area contributed by atoms with Crippen LogP contribution in [0.5, 0.6) is 0 Å². The topological polar surface area (TPSA) is 72.2 Å². The third-order valence-electron chi connectivity index (χ3n) is 3.04. The van der Waals surface area contributed by atoms with Crippen LogP contribution in [0.4, 0.5) is 11.4 Å². The first kappa shape index (κ1) is 16.1. The Hall–Kier alpha value is -2.30. The van der Waals surface area contributed by atoms with Gasteiger partial charge in [0.15, 0.2) is 0 Å². The van der Waals surface area contributed by atoms with Crippen LogP contribution >= 0.6 is 0 Å². The van der Waals surface area contributed by atoms with Crippen molar-refractivity contribution < 1.29 is 9.72 Å². The van der Waals surface area contributed by atoms with E-state index in [2.05, 4.69) is 20.9 Å². The van der Waals surface area contributed by atoms with Crippen LogP contribution in [0.25, 0.3) is 0 Å². The maximum absolute atomic E-state index is 11.3. The van der Waals surface area contributed by atoms with Crippen molar-refractivity contribution in [2.75, 3.05) is 5.32 Å². The molecule has 0 aliphatic heterocycles. The zero-order chi connectivity index (χ0) is 16.1. The van der Waals surface area contributed by atoms with Crippen molar-refractivity contribution in [3.05, 3.63) is 69.8 Å². The van der Waals surface area contributed by atoms with Gasteiger partial charge in [-0.05, 0) is 0 Å². The SMILES string of the molecule is CC(=O)Cc1ccccc1C(=[Se])Nc1ccc([N+](=O)[O-])cc1. The Morgan fingerprint density at radius 2 is 1.82 bits per heavy atom. The van der Waals surface area contributed by atoms with E-state index in [-0.39, 0.29) is 11.5 Å². The second-order valence-corrected chi connectivity index (χ2v) is 5.65. The van der Waals surface area contributed by atoms with Crippen LogP contribution in [0.1, 0.15) is 18.1 Å². The van der Waals surface area contributed by atoms with Gasteiger partial charge in [-0.1, -0.05) is 0 Å². The van der Waals surface area contributed by atoms with Gasteiger partial charge in [-0.25, -0.2) is 0 Å². The Bertz CT molecular complexity index is 726. The van der Waals surface area contributed by atoms with E-state index in [0.29, 0.717) is 6.42 Å². The number of benzene rings is 2. The molecule has 0 spiro atoms. The van der Waals surface area contributed by atoms with Gasteiger partial charge in [-0.15, -0.1) is 0 Å². The zero-order valence-corrected chi connectivity index (χ0v) is 13.6. The number of nitrogens with one attached hydrogen (secondary N) is 1. The third kappa shape index (κ3) is 4.10. The van der Waals surface area contributed by atoms with Crippen molar-refractivity contribution in [2.24, 2.45) is 0 Å². The summed E-state index contributed by atoms with van der Waals surface area (Å²) in [5.41, 5.74) is 2.62. The predicted octanol–water partition coefficient (Wildman–Crippen LogP) is 2.48. The molecular formula is C16H14N2O3Se. The number of anilines is 1.